The fourth-order valence-electron chi connectivity index (χ4n) is 3.16. The van der Waals surface area contributed by atoms with E-state index in [1.807, 2.05) is 20.8 Å². The number of carbonyl (C=O) groups excluding carboxylic acids is 1. The third kappa shape index (κ3) is 6.83. The van der Waals surface area contributed by atoms with E-state index in [2.05, 4.69) is 10.6 Å². The van der Waals surface area contributed by atoms with Gasteiger partial charge >= 0.3 is 6.09 Å². The quantitative estimate of drug-likeness (QED) is 0.793. The third-order valence-electron chi connectivity index (χ3n) is 4.39. The number of amides is 1. The molecule has 1 saturated carbocycles. The van der Waals surface area contributed by atoms with Crippen molar-refractivity contribution in [1.29, 1.82) is 0 Å². The predicted octanol–water partition coefficient (Wildman–Crippen LogP) is 4.65. The number of benzene rings is 1. The molecule has 0 radical (unpaired) electrons. The largest absolute Gasteiger partial charge is 0.444 e. The smallest absolute Gasteiger partial charge is 0.407 e. The minimum atomic E-state index is -0.492. The highest BCUT2D eigenvalue weighted by molar-refractivity contribution is 6.31. The first-order valence-electron chi connectivity index (χ1n) is 8.89. The van der Waals surface area contributed by atoms with Crippen LogP contribution in [0.15, 0.2) is 18.2 Å². The molecule has 0 spiro atoms. The molecule has 4 nitrogen and oxygen atoms in total. The number of halogens is 2. The van der Waals surface area contributed by atoms with Crippen molar-refractivity contribution in [3.8, 4) is 0 Å². The van der Waals surface area contributed by atoms with Gasteiger partial charge in [0.1, 0.15) is 11.4 Å². The van der Waals surface area contributed by atoms with E-state index in [-0.39, 0.29) is 11.9 Å². The van der Waals surface area contributed by atoms with Crippen LogP contribution in [0.1, 0.15) is 52.0 Å². The minimum Gasteiger partial charge on any atom is -0.444 e. The van der Waals surface area contributed by atoms with E-state index in [4.69, 9.17) is 16.3 Å². The molecule has 0 saturated heterocycles. The lowest BCUT2D eigenvalue weighted by Gasteiger charge is -2.33. The molecule has 2 rings (SSSR count). The van der Waals surface area contributed by atoms with E-state index in [0.717, 1.165) is 31.2 Å². The second-order valence-corrected chi connectivity index (χ2v) is 8.06. The molecule has 25 heavy (non-hydrogen) atoms. The second kappa shape index (κ2) is 8.86. The van der Waals surface area contributed by atoms with Gasteiger partial charge in [-0.1, -0.05) is 30.5 Å². The Bertz CT molecular complexity index is 589. The van der Waals surface area contributed by atoms with Crippen LogP contribution in [0.3, 0.4) is 0 Å². The molecule has 6 heteroatoms. The Labute approximate surface area is 154 Å². The lowest BCUT2D eigenvalue weighted by molar-refractivity contribution is 0.0510. The van der Waals surface area contributed by atoms with Crippen molar-refractivity contribution in [2.75, 3.05) is 6.54 Å². The standard InChI is InChI=1S/C19H28ClFN2O2/c1-19(2,3)25-18(24)23-12-14-6-4-5-7-17(14)22-11-13-8-9-15(21)10-16(13)20/h8-10,14,17,22H,4-7,11-12H2,1-3H3,(H,23,24). The maximum Gasteiger partial charge on any atom is 0.407 e. The fraction of sp³-hybridized carbons (Fsp3) is 0.632. The van der Waals surface area contributed by atoms with E-state index in [0.29, 0.717) is 30.1 Å². The summed E-state index contributed by atoms with van der Waals surface area (Å²) >= 11 is 6.09. The highest BCUT2D eigenvalue weighted by atomic mass is 35.5. The van der Waals surface area contributed by atoms with Crippen molar-refractivity contribution >= 4 is 17.7 Å². The molecule has 0 heterocycles. The minimum absolute atomic E-state index is 0.296. The predicted molar refractivity (Wildman–Crippen MR) is 98.2 cm³/mol. The molecule has 0 aliphatic heterocycles. The molecule has 140 valence electrons. The van der Waals surface area contributed by atoms with E-state index in [1.54, 1.807) is 6.07 Å². The first-order chi connectivity index (χ1) is 11.7. The third-order valence-corrected chi connectivity index (χ3v) is 4.74. The van der Waals surface area contributed by atoms with Crippen molar-refractivity contribution in [2.45, 2.75) is 64.6 Å². The molecular formula is C19H28ClFN2O2. The van der Waals surface area contributed by atoms with Gasteiger partial charge in [-0.05, 0) is 57.2 Å². The Hall–Kier alpha value is -1.33. The van der Waals surface area contributed by atoms with Crippen molar-refractivity contribution in [2.24, 2.45) is 5.92 Å². The molecule has 1 amide bonds. The second-order valence-electron chi connectivity index (χ2n) is 7.65. The molecule has 1 aliphatic carbocycles. The summed E-state index contributed by atoms with van der Waals surface area (Å²) in [5.41, 5.74) is 0.390. The molecule has 2 unspecified atom stereocenters. The summed E-state index contributed by atoms with van der Waals surface area (Å²) in [6.45, 7) is 6.73. The average Bonchev–Trinajstić information content (AvgIpc) is 2.51. The summed E-state index contributed by atoms with van der Waals surface area (Å²) in [6, 6.07) is 4.76. The van der Waals surface area contributed by atoms with Crippen molar-refractivity contribution in [3.63, 3.8) is 0 Å². The van der Waals surface area contributed by atoms with Crippen molar-refractivity contribution in [1.82, 2.24) is 10.6 Å². The maximum atomic E-state index is 13.1. The molecule has 1 aromatic rings. The summed E-state index contributed by atoms with van der Waals surface area (Å²) < 4.78 is 18.4. The van der Waals surface area contributed by atoms with Gasteiger partial charge in [0.05, 0.1) is 0 Å². The van der Waals surface area contributed by atoms with Crippen molar-refractivity contribution in [3.05, 3.63) is 34.6 Å². The zero-order valence-corrected chi connectivity index (χ0v) is 16.0. The number of ether oxygens (including phenoxy) is 1. The van der Waals surface area contributed by atoms with Crippen LogP contribution in [0, 0.1) is 11.7 Å². The summed E-state index contributed by atoms with van der Waals surface area (Å²) in [7, 11) is 0. The summed E-state index contributed by atoms with van der Waals surface area (Å²) in [5.74, 6) is 0.0198. The van der Waals surface area contributed by atoms with Crippen LogP contribution in [0.4, 0.5) is 9.18 Å². The fourth-order valence-corrected chi connectivity index (χ4v) is 3.39. The van der Waals surface area contributed by atoms with E-state index < -0.39 is 5.60 Å². The van der Waals surface area contributed by atoms with Crippen LogP contribution in [-0.4, -0.2) is 24.3 Å². The van der Waals surface area contributed by atoms with Gasteiger partial charge in [-0.3, -0.25) is 0 Å². The van der Waals surface area contributed by atoms with Crippen molar-refractivity contribution < 1.29 is 13.9 Å². The molecule has 2 N–H and O–H groups in total. The Morgan fingerprint density at radius 1 is 1.32 bits per heavy atom. The van der Waals surface area contributed by atoms with Crippen LogP contribution in [-0.2, 0) is 11.3 Å². The number of carbonyl (C=O) groups is 1. The average molecular weight is 371 g/mol. The number of nitrogens with one attached hydrogen (secondary N) is 2. The first kappa shape index (κ1) is 20.0. The number of rotatable bonds is 5. The molecule has 2 atom stereocenters. The Morgan fingerprint density at radius 3 is 2.72 bits per heavy atom. The van der Waals surface area contributed by atoms with Gasteiger partial charge < -0.3 is 15.4 Å². The molecule has 0 bridgehead atoms. The topological polar surface area (TPSA) is 50.4 Å². The Morgan fingerprint density at radius 2 is 2.04 bits per heavy atom. The maximum absolute atomic E-state index is 13.1. The highest BCUT2D eigenvalue weighted by Crippen LogP contribution is 2.25. The number of alkyl carbamates (subject to hydrolysis) is 1. The van der Waals surface area contributed by atoms with E-state index >= 15 is 0 Å². The zero-order valence-electron chi connectivity index (χ0n) is 15.2. The molecule has 1 aliphatic rings. The van der Waals surface area contributed by atoms with Gasteiger partial charge in [0.25, 0.3) is 0 Å². The highest BCUT2D eigenvalue weighted by Gasteiger charge is 2.26. The van der Waals surface area contributed by atoms with Gasteiger partial charge in [0.2, 0.25) is 0 Å². The van der Waals surface area contributed by atoms with Gasteiger partial charge in [-0.15, -0.1) is 0 Å². The van der Waals surface area contributed by atoms with Gasteiger partial charge in [-0.25, -0.2) is 9.18 Å². The number of hydrogen-bond acceptors (Lipinski definition) is 3. The van der Waals surface area contributed by atoms with Crippen LogP contribution >= 0.6 is 11.6 Å². The van der Waals surface area contributed by atoms with Crippen LogP contribution in [0.5, 0.6) is 0 Å². The normalized spacial score (nSPS) is 21.0. The lowest BCUT2D eigenvalue weighted by Crippen LogP contribution is -2.44. The van der Waals surface area contributed by atoms with E-state index in [1.165, 1.54) is 12.1 Å². The number of hydrogen-bond donors (Lipinski definition) is 2. The SMILES string of the molecule is CC(C)(C)OC(=O)NCC1CCCCC1NCc1ccc(F)cc1Cl. The van der Waals surface area contributed by atoms with Gasteiger partial charge in [0.15, 0.2) is 0 Å². The summed E-state index contributed by atoms with van der Waals surface area (Å²) in [4.78, 5) is 11.9. The van der Waals surface area contributed by atoms with Crippen LogP contribution < -0.4 is 10.6 Å². The van der Waals surface area contributed by atoms with Gasteiger partial charge in [0, 0.05) is 24.2 Å². The van der Waals surface area contributed by atoms with Gasteiger partial charge in [-0.2, -0.15) is 0 Å². The first-order valence-corrected chi connectivity index (χ1v) is 9.26. The van der Waals surface area contributed by atoms with E-state index in [9.17, 15) is 9.18 Å². The summed E-state index contributed by atoms with van der Waals surface area (Å²) in [6.07, 6.45) is 4.07. The zero-order chi connectivity index (χ0) is 18.4. The Balaban J connectivity index is 1.86. The molecule has 1 aromatic carbocycles. The monoisotopic (exact) mass is 370 g/mol. The van der Waals surface area contributed by atoms with Crippen LogP contribution in [0.25, 0.3) is 0 Å². The Kier molecular flexibility index (Phi) is 7.08. The molecule has 1 fully saturated rings. The summed E-state index contributed by atoms with van der Waals surface area (Å²) in [5, 5.41) is 6.84. The van der Waals surface area contributed by atoms with Crippen LogP contribution in [0.2, 0.25) is 5.02 Å². The lowest BCUT2D eigenvalue weighted by atomic mass is 9.84. The molecular weight excluding hydrogens is 343 g/mol. The molecule has 0 aromatic heterocycles.